The third kappa shape index (κ3) is 5.35. The maximum Gasteiger partial charge on any atom is 0.261 e. The molecule has 0 saturated carbocycles. The average Bonchev–Trinajstić information content (AvgIpc) is 2.61. The van der Waals surface area contributed by atoms with Gasteiger partial charge in [0.05, 0.1) is 0 Å². The van der Waals surface area contributed by atoms with Crippen LogP contribution in [0, 0.1) is 0 Å². The van der Waals surface area contributed by atoms with Crippen LogP contribution in [0.1, 0.15) is 36.5 Å². The summed E-state index contributed by atoms with van der Waals surface area (Å²) in [7, 11) is 0. The second-order valence-corrected chi connectivity index (χ2v) is 5.56. The number of benzene rings is 1. The van der Waals surface area contributed by atoms with Crippen molar-refractivity contribution < 1.29 is 9.53 Å². The predicted molar refractivity (Wildman–Crippen MR) is 95.2 cm³/mol. The Morgan fingerprint density at radius 3 is 2.54 bits per heavy atom. The smallest absolute Gasteiger partial charge is 0.261 e. The summed E-state index contributed by atoms with van der Waals surface area (Å²) in [6, 6.07) is 12.8. The Morgan fingerprint density at radius 1 is 1.08 bits per heavy atom. The van der Waals surface area contributed by atoms with Crippen molar-refractivity contribution in [2.75, 3.05) is 19.8 Å². The van der Waals surface area contributed by atoms with Crippen molar-refractivity contribution in [1.82, 2.24) is 10.3 Å². The lowest BCUT2D eigenvalue weighted by molar-refractivity contribution is 0.0939. The van der Waals surface area contributed by atoms with E-state index in [9.17, 15) is 9.59 Å². The van der Waals surface area contributed by atoms with E-state index in [1.165, 1.54) is 0 Å². The number of aromatic amines is 1. The molecule has 2 rings (SSSR count). The van der Waals surface area contributed by atoms with Crippen LogP contribution >= 0.6 is 0 Å². The maximum absolute atomic E-state index is 12.1. The van der Waals surface area contributed by atoms with Gasteiger partial charge >= 0.3 is 0 Å². The highest BCUT2D eigenvalue weighted by molar-refractivity contribution is 5.94. The topological polar surface area (TPSA) is 71.2 Å². The molecular weight excluding hydrogens is 304 g/mol. The molecule has 2 N–H and O–H groups in total. The Kier molecular flexibility index (Phi) is 7.23. The minimum atomic E-state index is -0.381. The molecule has 2 aromatic rings. The standard InChI is InChI=1S/C19H24N2O3/c1-2-3-13-24-14-7-12-20-18(22)16-10-11-17(21-19(16)23)15-8-5-4-6-9-15/h4-6,8-11H,2-3,7,12-14H2,1H3,(H,20,22)(H,21,23). The van der Waals surface area contributed by atoms with Crippen LogP contribution in [0.2, 0.25) is 0 Å². The molecule has 128 valence electrons. The number of hydrogen-bond donors (Lipinski definition) is 2. The fourth-order valence-electron chi connectivity index (χ4n) is 2.26. The zero-order valence-electron chi connectivity index (χ0n) is 14.0. The number of carbonyl (C=O) groups is 1. The molecule has 0 unspecified atom stereocenters. The summed E-state index contributed by atoms with van der Waals surface area (Å²) in [5, 5.41) is 2.75. The van der Waals surface area contributed by atoms with E-state index in [1.807, 2.05) is 30.3 Å². The molecule has 24 heavy (non-hydrogen) atoms. The molecule has 5 nitrogen and oxygen atoms in total. The van der Waals surface area contributed by atoms with Crippen molar-refractivity contribution in [2.24, 2.45) is 0 Å². The van der Waals surface area contributed by atoms with E-state index in [-0.39, 0.29) is 17.0 Å². The van der Waals surface area contributed by atoms with Gasteiger partial charge in [-0.2, -0.15) is 0 Å². The highest BCUT2D eigenvalue weighted by atomic mass is 16.5. The Morgan fingerprint density at radius 2 is 1.83 bits per heavy atom. The van der Waals surface area contributed by atoms with Crippen molar-refractivity contribution in [3.63, 3.8) is 0 Å². The number of amides is 1. The monoisotopic (exact) mass is 328 g/mol. The van der Waals surface area contributed by atoms with Gasteiger partial charge in [0.1, 0.15) is 5.56 Å². The fourth-order valence-corrected chi connectivity index (χ4v) is 2.26. The lowest BCUT2D eigenvalue weighted by atomic mass is 10.1. The molecule has 0 aliphatic rings. The summed E-state index contributed by atoms with van der Waals surface area (Å²) in [5.41, 5.74) is 1.35. The summed E-state index contributed by atoms with van der Waals surface area (Å²) < 4.78 is 5.43. The van der Waals surface area contributed by atoms with Gasteiger partial charge in [-0.25, -0.2) is 0 Å². The van der Waals surface area contributed by atoms with E-state index in [4.69, 9.17) is 4.74 Å². The third-order valence-electron chi connectivity index (χ3n) is 3.63. The van der Waals surface area contributed by atoms with Gasteiger partial charge in [0.15, 0.2) is 0 Å². The molecular formula is C19H24N2O3. The van der Waals surface area contributed by atoms with Gasteiger partial charge in [-0.3, -0.25) is 9.59 Å². The molecule has 0 saturated heterocycles. The van der Waals surface area contributed by atoms with Crippen LogP contribution in [0.3, 0.4) is 0 Å². The van der Waals surface area contributed by atoms with E-state index in [2.05, 4.69) is 17.2 Å². The number of hydrogen-bond acceptors (Lipinski definition) is 3. The van der Waals surface area contributed by atoms with Crippen LogP contribution in [0.25, 0.3) is 11.3 Å². The van der Waals surface area contributed by atoms with Crippen molar-refractivity contribution in [1.29, 1.82) is 0 Å². The molecule has 0 bridgehead atoms. The Labute approximate surface area is 142 Å². The van der Waals surface area contributed by atoms with Crippen molar-refractivity contribution in [2.45, 2.75) is 26.2 Å². The second-order valence-electron chi connectivity index (χ2n) is 5.56. The quantitative estimate of drug-likeness (QED) is 0.695. The third-order valence-corrected chi connectivity index (χ3v) is 3.63. The molecule has 1 heterocycles. The highest BCUT2D eigenvalue weighted by Gasteiger charge is 2.10. The SMILES string of the molecule is CCCCOCCCNC(=O)c1ccc(-c2ccccc2)[nH]c1=O. The first-order chi connectivity index (χ1) is 11.7. The summed E-state index contributed by atoms with van der Waals surface area (Å²) >= 11 is 0. The van der Waals surface area contributed by atoms with Gasteiger partial charge < -0.3 is 15.0 Å². The number of carbonyl (C=O) groups excluding carboxylic acids is 1. The van der Waals surface area contributed by atoms with Gasteiger partial charge in [-0.05, 0) is 30.5 Å². The number of unbranched alkanes of at least 4 members (excludes halogenated alkanes) is 1. The van der Waals surface area contributed by atoms with Gasteiger partial charge in [0.2, 0.25) is 0 Å². The van der Waals surface area contributed by atoms with E-state index in [1.54, 1.807) is 12.1 Å². The van der Waals surface area contributed by atoms with Crippen LogP contribution in [-0.4, -0.2) is 30.6 Å². The normalized spacial score (nSPS) is 10.5. The molecule has 0 radical (unpaired) electrons. The molecule has 1 aromatic carbocycles. The molecule has 1 aromatic heterocycles. The molecule has 0 fully saturated rings. The molecule has 5 heteroatoms. The van der Waals surface area contributed by atoms with Crippen LogP contribution in [0.5, 0.6) is 0 Å². The number of aromatic nitrogens is 1. The fraction of sp³-hybridized carbons (Fsp3) is 0.368. The minimum absolute atomic E-state index is 0.126. The number of ether oxygens (including phenoxy) is 1. The maximum atomic E-state index is 12.1. The zero-order chi connectivity index (χ0) is 17.2. The minimum Gasteiger partial charge on any atom is -0.381 e. The first-order valence-corrected chi connectivity index (χ1v) is 8.37. The van der Waals surface area contributed by atoms with Gasteiger partial charge in [-0.15, -0.1) is 0 Å². The number of nitrogens with one attached hydrogen (secondary N) is 2. The van der Waals surface area contributed by atoms with Gasteiger partial charge in [-0.1, -0.05) is 43.7 Å². The van der Waals surface area contributed by atoms with Crippen molar-refractivity contribution >= 4 is 5.91 Å². The van der Waals surface area contributed by atoms with E-state index >= 15 is 0 Å². The summed E-state index contributed by atoms with van der Waals surface area (Å²) in [5.74, 6) is -0.357. The van der Waals surface area contributed by atoms with E-state index in [0.29, 0.717) is 18.8 Å². The molecule has 0 atom stereocenters. The average molecular weight is 328 g/mol. The van der Waals surface area contributed by atoms with E-state index < -0.39 is 0 Å². The van der Waals surface area contributed by atoms with Gasteiger partial charge in [0.25, 0.3) is 11.5 Å². The lowest BCUT2D eigenvalue weighted by Gasteiger charge is -2.07. The number of H-pyrrole nitrogens is 1. The number of rotatable bonds is 9. The van der Waals surface area contributed by atoms with Crippen LogP contribution < -0.4 is 10.9 Å². The summed E-state index contributed by atoms with van der Waals surface area (Å²) in [6.45, 7) is 3.98. The lowest BCUT2D eigenvalue weighted by Crippen LogP contribution is -2.30. The Balaban J connectivity index is 1.86. The second kappa shape index (κ2) is 9.67. The van der Waals surface area contributed by atoms with Crippen LogP contribution in [0.15, 0.2) is 47.3 Å². The molecule has 1 amide bonds. The number of pyridine rings is 1. The molecule has 0 aliphatic carbocycles. The van der Waals surface area contributed by atoms with Crippen LogP contribution in [-0.2, 0) is 4.74 Å². The summed E-state index contributed by atoms with van der Waals surface area (Å²) in [4.78, 5) is 27.0. The Hall–Kier alpha value is -2.40. The predicted octanol–water partition coefficient (Wildman–Crippen LogP) is 2.98. The zero-order valence-corrected chi connectivity index (χ0v) is 14.0. The molecule has 0 spiro atoms. The first-order valence-electron chi connectivity index (χ1n) is 8.37. The highest BCUT2D eigenvalue weighted by Crippen LogP contribution is 2.14. The first kappa shape index (κ1) is 17.9. The Bertz CT molecular complexity index is 695. The van der Waals surface area contributed by atoms with Crippen molar-refractivity contribution in [3.8, 4) is 11.3 Å². The van der Waals surface area contributed by atoms with Gasteiger partial charge in [0, 0.05) is 25.5 Å². The van der Waals surface area contributed by atoms with Crippen molar-refractivity contribution in [3.05, 3.63) is 58.4 Å². The largest absolute Gasteiger partial charge is 0.381 e. The molecule has 0 aliphatic heterocycles. The summed E-state index contributed by atoms with van der Waals surface area (Å²) in [6.07, 6.45) is 2.89. The van der Waals surface area contributed by atoms with E-state index in [0.717, 1.165) is 31.4 Å². The van der Waals surface area contributed by atoms with Crippen LogP contribution in [0.4, 0.5) is 0 Å².